The van der Waals surface area contributed by atoms with Crippen LogP contribution in [0.25, 0.3) is 0 Å². The van der Waals surface area contributed by atoms with E-state index in [2.05, 4.69) is 58.9 Å². The molecule has 4 heteroatoms. The second-order valence-corrected chi connectivity index (χ2v) is 10.7. The van der Waals surface area contributed by atoms with Gasteiger partial charge < -0.3 is 15.1 Å². The van der Waals surface area contributed by atoms with Crippen molar-refractivity contribution < 1.29 is 15.0 Å². The van der Waals surface area contributed by atoms with E-state index in [1.54, 1.807) is 0 Å². The van der Waals surface area contributed by atoms with Crippen LogP contribution in [0.15, 0.2) is 48.1 Å². The number of carbonyl (C=O) groups is 1. The first-order valence-electron chi connectivity index (χ1n) is 12.8. The monoisotopic (exact) mass is 453 g/mol. The van der Waals surface area contributed by atoms with Crippen molar-refractivity contribution in [3.05, 3.63) is 59.2 Å². The van der Waals surface area contributed by atoms with Crippen LogP contribution in [0, 0.1) is 24.7 Å². The zero-order valence-corrected chi connectivity index (χ0v) is 21.1. The molecule has 0 bridgehead atoms. The van der Waals surface area contributed by atoms with Gasteiger partial charge in [-0.15, -0.1) is 0 Å². The van der Waals surface area contributed by atoms with Gasteiger partial charge in [0.15, 0.2) is 0 Å². The number of rotatable bonds is 10. The van der Waals surface area contributed by atoms with Gasteiger partial charge in [0, 0.05) is 30.8 Å². The summed E-state index contributed by atoms with van der Waals surface area (Å²) in [5.41, 5.74) is 3.76. The Kier molecular flexibility index (Phi) is 8.95. The molecule has 4 nitrogen and oxygen atoms in total. The summed E-state index contributed by atoms with van der Waals surface area (Å²) in [5, 5.41) is 21.1. The molecule has 33 heavy (non-hydrogen) atoms. The molecule has 2 aliphatic carbocycles. The summed E-state index contributed by atoms with van der Waals surface area (Å²) in [6.45, 7) is 10.4. The molecule has 3 rings (SSSR count). The lowest BCUT2D eigenvalue weighted by Gasteiger charge is -2.31. The number of allylic oxidation sites excluding steroid dienone is 2. The summed E-state index contributed by atoms with van der Waals surface area (Å²) >= 11 is 0. The van der Waals surface area contributed by atoms with Gasteiger partial charge in [-0.05, 0) is 77.7 Å². The van der Waals surface area contributed by atoms with Crippen molar-refractivity contribution >= 4 is 5.91 Å². The summed E-state index contributed by atoms with van der Waals surface area (Å²) in [7, 11) is 0. The summed E-state index contributed by atoms with van der Waals surface area (Å²) in [6.07, 6.45) is 10.2. The number of hydrogen-bond acceptors (Lipinski definition) is 3. The van der Waals surface area contributed by atoms with Gasteiger partial charge in [0.25, 0.3) is 0 Å². The third-order valence-electron chi connectivity index (χ3n) is 7.32. The highest BCUT2D eigenvalue weighted by Gasteiger charge is 2.43. The topological polar surface area (TPSA) is 60.8 Å². The molecule has 1 fully saturated rings. The zero-order valence-electron chi connectivity index (χ0n) is 21.1. The number of aliphatic hydroxyl groups is 2. The Balaban J connectivity index is 1.49. The Morgan fingerprint density at radius 2 is 1.94 bits per heavy atom. The van der Waals surface area contributed by atoms with Gasteiger partial charge in [-0.25, -0.2) is 0 Å². The van der Waals surface area contributed by atoms with Gasteiger partial charge in [0.1, 0.15) is 0 Å². The molecule has 1 aromatic carbocycles. The minimum Gasteiger partial charge on any atom is -0.392 e. The average Bonchev–Trinajstić information content (AvgIpc) is 3.22. The van der Waals surface area contributed by atoms with E-state index in [1.165, 1.54) is 11.1 Å². The molecular weight excluding hydrogens is 410 g/mol. The fourth-order valence-corrected chi connectivity index (χ4v) is 5.96. The Bertz CT molecular complexity index is 848. The molecule has 2 aliphatic rings. The highest BCUT2D eigenvalue weighted by molar-refractivity contribution is 5.76. The second-order valence-electron chi connectivity index (χ2n) is 10.7. The Morgan fingerprint density at radius 1 is 1.21 bits per heavy atom. The maximum Gasteiger partial charge on any atom is 0.223 e. The molecule has 0 radical (unpaired) electrons. The lowest BCUT2D eigenvalue weighted by Crippen LogP contribution is -2.41. The summed E-state index contributed by atoms with van der Waals surface area (Å²) in [4.78, 5) is 14.6. The van der Waals surface area contributed by atoms with Crippen LogP contribution in [0.5, 0.6) is 0 Å². The standard InChI is InChI=1S/C29H43NO3/c1-19(2)30(20(3)4)29(33)11-7-10-23-15-24-18-28(32)26(27(24)17-23)13-12-25(31)16-22-9-6-8-21(5)14-22/h6,8-9,12-15,19-20,24-28,31-32H,7,10-11,16-18H2,1-5H3/b13-12+/t24-,25+,26+,27-,28+/m0/s1. The van der Waals surface area contributed by atoms with Crippen LogP contribution in [0.2, 0.25) is 0 Å². The highest BCUT2D eigenvalue weighted by Crippen LogP contribution is 2.48. The van der Waals surface area contributed by atoms with Gasteiger partial charge in [-0.3, -0.25) is 4.79 Å². The molecule has 1 amide bonds. The first-order chi connectivity index (χ1) is 15.7. The van der Waals surface area contributed by atoms with Crippen LogP contribution < -0.4 is 0 Å². The predicted molar refractivity (Wildman–Crippen MR) is 135 cm³/mol. The van der Waals surface area contributed by atoms with Crippen molar-refractivity contribution in [2.45, 2.75) is 97.4 Å². The average molecular weight is 454 g/mol. The van der Waals surface area contributed by atoms with Crippen LogP contribution >= 0.6 is 0 Å². The molecule has 1 saturated carbocycles. The molecule has 0 saturated heterocycles. The lowest BCUT2D eigenvalue weighted by molar-refractivity contribution is -0.134. The van der Waals surface area contributed by atoms with Gasteiger partial charge in [0.05, 0.1) is 12.2 Å². The number of benzene rings is 1. The Morgan fingerprint density at radius 3 is 2.61 bits per heavy atom. The number of fused-ring (bicyclic) bond motifs is 1. The predicted octanol–water partition coefficient (Wildman–Crippen LogP) is 5.21. The molecule has 5 atom stereocenters. The van der Waals surface area contributed by atoms with Crippen LogP contribution in [-0.2, 0) is 11.2 Å². The lowest BCUT2D eigenvalue weighted by atomic mass is 9.88. The van der Waals surface area contributed by atoms with Crippen molar-refractivity contribution in [3.63, 3.8) is 0 Å². The van der Waals surface area contributed by atoms with Gasteiger partial charge in [-0.2, -0.15) is 0 Å². The first kappa shape index (κ1) is 25.7. The van der Waals surface area contributed by atoms with Crippen LogP contribution in [-0.4, -0.2) is 45.3 Å². The van der Waals surface area contributed by atoms with E-state index in [0.717, 1.165) is 31.2 Å². The van der Waals surface area contributed by atoms with E-state index in [9.17, 15) is 15.0 Å². The summed E-state index contributed by atoms with van der Waals surface area (Å²) < 4.78 is 0. The van der Waals surface area contributed by atoms with Crippen molar-refractivity contribution in [1.82, 2.24) is 4.90 Å². The van der Waals surface area contributed by atoms with E-state index in [-0.39, 0.29) is 30.0 Å². The summed E-state index contributed by atoms with van der Waals surface area (Å²) in [5.74, 6) is 1.17. The molecule has 1 aromatic rings. The minimum absolute atomic E-state index is 0.0925. The third kappa shape index (κ3) is 6.80. The molecular formula is C29H43NO3. The fraction of sp³-hybridized carbons (Fsp3) is 0.621. The van der Waals surface area contributed by atoms with Gasteiger partial charge >= 0.3 is 0 Å². The largest absolute Gasteiger partial charge is 0.392 e. The van der Waals surface area contributed by atoms with Crippen molar-refractivity contribution in [3.8, 4) is 0 Å². The molecule has 0 heterocycles. The van der Waals surface area contributed by atoms with Gasteiger partial charge in [0.2, 0.25) is 5.91 Å². The van der Waals surface area contributed by atoms with Gasteiger partial charge in [-0.1, -0.05) is 53.6 Å². The van der Waals surface area contributed by atoms with Crippen LogP contribution in [0.1, 0.15) is 70.9 Å². The number of amides is 1. The summed E-state index contributed by atoms with van der Waals surface area (Å²) in [6, 6.07) is 8.71. The Hall–Kier alpha value is -1.91. The van der Waals surface area contributed by atoms with E-state index in [0.29, 0.717) is 24.7 Å². The number of aliphatic hydroxyl groups excluding tert-OH is 2. The Labute approximate surface area is 200 Å². The normalized spacial score (nSPS) is 25.7. The number of carbonyl (C=O) groups excluding carboxylic acids is 1. The number of hydrogen-bond donors (Lipinski definition) is 2. The molecule has 0 aromatic heterocycles. The molecule has 0 spiro atoms. The van der Waals surface area contributed by atoms with Crippen molar-refractivity contribution in [1.29, 1.82) is 0 Å². The zero-order chi connectivity index (χ0) is 24.1. The van der Waals surface area contributed by atoms with Crippen LogP contribution in [0.4, 0.5) is 0 Å². The SMILES string of the molecule is Cc1cccc(C[C@H](O)/C=C/[C@@H]2[C@H]3CC(CCCC(=O)N(C(C)C)C(C)C)=C[C@H]3C[C@H]2O)c1. The third-order valence-corrected chi connectivity index (χ3v) is 7.32. The maximum absolute atomic E-state index is 12.6. The van der Waals surface area contributed by atoms with E-state index in [1.807, 2.05) is 23.1 Å². The fourth-order valence-electron chi connectivity index (χ4n) is 5.96. The van der Waals surface area contributed by atoms with E-state index < -0.39 is 6.10 Å². The molecule has 182 valence electrons. The molecule has 2 N–H and O–H groups in total. The quantitative estimate of drug-likeness (QED) is 0.478. The van der Waals surface area contributed by atoms with E-state index in [4.69, 9.17) is 0 Å². The van der Waals surface area contributed by atoms with Crippen LogP contribution in [0.3, 0.4) is 0 Å². The van der Waals surface area contributed by atoms with Crippen molar-refractivity contribution in [2.75, 3.05) is 0 Å². The molecule has 0 aliphatic heterocycles. The molecule has 0 unspecified atom stereocenters. The first-order valence-corrected chi connectivity index (χ1v) is 12.8. The smallest absolute Gasteiger partial charge is 0.223 e. The van der Waals surface area contributed by atoms with E-state index >= 15 is 0 Å². The maximum atomic E-state index is 12.6. The number of nitrogens with zero attached hydrogens (tertiary/aromatic N) is 1. The minimum atomic E-state index is -0.539. The highest BCUT2D eigenvalue weighted by atomic mass is 16.3. The van der Waals surface area contributed by atoms with Crippen molar-refractivity contribution in [2.24, 2.45) is 17.8 Å². The number of aryl methyl sites for hydroxylation is 1. The second kappa shape index (κ2) is 11.5.